The van der Waals surface area contributed by atoms with Crippen molar-refractivity contribution < 1.29 is 22.5 Å². The largest absolute Gasteiger partial charge is 0.356 e. The van der Waals surface area contributed by atoms with Crippen LogP contribution in [0.1, 0.15) is 11.3 Å². The average molecular weight is 297 g/mol. The molecule has 2 aromatic rings. The molecule has 0 fully saturated rings. The molecule has 21 heavy (non-hydrogen) atoms. The zero-order valence-electron chi connectivity index (χ0n) is 10.7. The lowest BCUT2D eigenvalue weighted by Crippen LogP contribution is -2.39. The highest BCUT2D eigenvalue weighted by atomic mass is 19.2. The van der Waals surface area contributed by atoms with E-state index in [1.54, 1.807) is 0 Å². The number of nitrogens with two attached hydrogens (primary N) is 1. The molecule has 1 aliphatic heterocycles. The molecule has 0 aliphatic carbocycles. The molecule has 0 saturated heterocycles. The van der Waals surface area contributed by atoms with Gasteiger partial charge in [0.2, 0.25) is 0 Å². The van der Waals surface area contributed by atoms with Crippen LogP contribution < -0.4 is 5.73 Å². The second kappa shape index (κ2) is 4.80. The van der Waals surface area contributed by atoms with Crippen molar-refractivity contribution in [2.24, 2.45) is 5.73 Å². The van der Waals surface area contributed by atoms with Gasteiger partial charge in [-0.3, -0.25) is 0 Å². The molecule has 0 atom stereocenters. The van der Waals surface area contributed by atoms with Gasteiger partial charge in [-0.05, 0) is 12.1 Å². The van der Waals surface area contributed by atoms with Crippen molar-refractivity contribution in [3.05, 3.63) is 40.8 Å². The van der Waals surface area contributed by atoms with E-state index >= 15 is 0 Å². The van der Waals surface area contributed by atoms with Gasteiger partial charge in [0.15, 0.2) is 23.2 Å². The summed E-state index contributed by atoms with van der Waals surface area (Å²) in [5.74, 6) is -4.09. The van der Waals surface area contributed by atoms with Gasteiger partial charge in [-0.15, -0.1) is 0 Å². The first-order valence-corrected chi connectivity index (χ1v) is 6.14. The lowest BCUT2D eigenvalue weighted by Gasteiger charge is -2.24. The van der Waals surface area contributed by atoms with Gasteiger partial charge in [0.25, 0.3) is 0 Å². The summed E-state index contributed by atoms with van der Waals surface area (Å²) >= 11 is 0. The Morgan fingerprint density at radius 2 is 1.95 bits per heavy atom. The van der Waals surface area contributed by atoms with Crippen LogP contribution in [0.3, 0.4) is 0 Å². The van der Waals surface area contributed by atoms with Crippen LogP contribution in [0.15, 0.2) is 16.7 Å². The van der Waals surface area contributed by atoms with E-state index in [4.69, 9.17) is 10.3 Å². The molecule has 2 heterocycles. The number of aromatic nitrogens is 1. The zero-order chi connectivity index (χ0) is 15.1. The molecule has 110 valence electrons. The highest BCUT2D eigenvalue weighted by molar-refractivity contribution is 5.73. The lowest BCUT2D eigenvalue weighted by atomic mass is 10.0. The van der Waals surface area contributed by atoms with E-state index in [-0.39, 0.29) is 17.9 Å². The van der Waals surface area contributed by atoms with Crippen LogP contribution in [0.25, 0.3) is 11.3 Å². The quantitative estimate of drug-likeness (QED) is 0.820. The molecule has 8 heteroatoms. The Kier molecular flexibility index (Phi) is 3.08. The molecule has 0 bridgehead atoms. The van der Waals surface area contributed by atoms with Crippen molar-refractivity contribution in [1.29, 1.82) is 0 Å². The number of hydrogen-bond acceptors (Lipinski definition) is 3. The smallest absolute Gasteiger partial charge is 0.315 e. The fraction of sp³-hybridized carbons (Fsp3) is 0.231. The third-order valence-electron chi connectivity index (χ3n) is 3.39. The molecule has 0 radical (unpaired) electrons. The summed E-state index contributed by atoms with van der Waals surface area (Å²) in [6.07, 6.45) is 0.425. The van der Waals surface area contributed by atoms with E-state index in [0.717, 1.165) is 12.1 Å². The van der Waals surface area contributed by atoms with Gasteiger partial charge < -0.3 is 15.2 Å². The van der Waals surface area contributed by atoms with E-state index in [1.165, 1.54) is 4.90 Å². The third kappa shape index (κ3) is 2.22. The summed E-state index contributed by atoms with van der Waals surface area (Å²) in [4.78, 5) is 12.6. The molecule has 0 spiro atoms. The number of carbonyl (C=O) groups excluding carboxylic acids is 1. The Hall–Kier alpha value is -2.51. The molecule has 1 aliphatic rings. The van der Waals surface area contributed by atoms with Crippen LogP contribution >= 0.6 is 0 Å². The first-order valence-electron chi connectivity index (χ1n) is 6.14. The zero-order valence-corrected chi connectivity index (χ0v) is 10.7. The van der Waals surface area contributed by atoms with Crippen molar-refractivity contribution >= 4 is 6.03 Å². The highest BCUT2D eigenvalue weighted by Crippen LogP contribution is 2.31. The normalized spacial score (nSPS) is 14.1. The SMILES string of the molecule is NC(=O)N1CCc2noc(-c3cc(F)c(F)c(F)c3)c2C1. The van der Waals surface area contributed by atoms with Gasteiger partial charge in [0.05, 0.1) is 12.2 Å². The number of amides is 2. The topological polar surface area (TPSA) is 72.4 Å². The summed E-state index contributed by atoms with van der Waals surface area (Å²) < 4.78 is 44.7. The number of carbonyl (C=O) groups is 1. The van der Waals surface area contributed by atoms with Gasteiger partial charge in [-0.2, -0.15) is 0 Å². The summed E-state index contributed by atoms with van der Waals surface area (Å²) in [5.41, 5.74) is 6.35. The van der Waals surface area contributed by atoms with Crippen LogP contribution in [0.2, 0.25) is 0 Å². The van der Waals surface area contributed by atoms with Gasteiger partial charge in [0, 0.05) is 24.1 Å². The summed E-state index contributed by atoms with van der Waals surface area (Å²) in [7, 11) is 0. The van der Waals surface area contributed by atoms with Crippen LogP contribution in [0, 0.1) is 17.5 Å². The standard InChI is InChI=1S/C13H10F3N3O2/c14-8-3-6(4-9(15)11(8)16)12-7-5-19(13(17)20)2-1-10(7)18-21-12/h3-4H,1-2,5H2,(H2,17,20). The number of fused-ring (bicyclic) bond motifs is 1. The van der Waals surface area contributed by atoms with Crippen molar-refractivity contribution in [3.8, 4) is 11.3 Å². The molecular weight excluding hydrogens is 287 g/mol. The first kappa shape index (κ1) is 13.5. The predicted molar refractivity (Wildman–Crippen MR) is 65.5 cm³/mol. The minimum atomic E-state index is -1.55. The van der Waals surface area contributed by atoms with E-state index in [0.29, 0.717) is 24.2 Å². The van der Waals surface area contributed by atoms with Gasteiger partial charge in [-0.25, -0.2) is 18.0 Å². The van der Waals surface area contributed by atoms with E-state index in [2.05, 4.69) is 5.16 Å². The molecule has 5 nitrogen and oxygen atoms in total. The average Bonchev–Trinajstić information content (AvgIpc) is 2.87. The van der Waals surface area contributed by atoms with Crippen LogP contribution in [-0.4, -0.2) is 22.6 Å². The molecule has 0 unspecified atom stereocenters. The molecule has 0 saturated carbocycles. The van der Waals surface area contributed by atoms with Gasteiger partial charge in [-0.1, -0.05) is 5.16 Å². The maximum atomic E-state index is 13.3. The number of nitrogens with zero attached hydrogens (tertiary/aromatic N) is 2. The molecule has 2 N–H and O–H groups in total. The summed E-state index contributed by atoms with van der Waals surface area (Å²) in [6, 6.07) is 1.04. The van der Waals surface area contributed by atoms with Crippen molar-refractivity contribution in [3.63, 3.8) is 0 Å². The lowest BCUT2D eigenvalue weighted by molar-refractivity contribution is 0.202. The van der Waals surface area contributed by atoms with Crippen molar-refractivity contribution in [2.75, 3.05) is 6.54 Å². The summed E-state index contributed by atoms with van der Waals surface area (Å²) in [6.45, 7) is 0.518. The van der Waals surface area contributed by atoms with E-state index in [1.807, 2.05) is 0 Å². The Morgan fingerprint density at radius 3 is 2.57 bits per heavy atom. The van der Waals surface area contributed by atoms with Crippen molar-refractivity contribution in [2.45, 2.75) is 13.0 Å². The summed E-state index contributed by atoms with van der Waals surface area (Å²) in [5, 5.41) is 3.82. The first-order chi connectivity index (χ1) is 9.97. The van der Waals surface area contributed by atoms with Crippen LogP contribution in [-0.2, 0) is 13.0 Å². The Labute approximate surface area is 117 Å². The van der Waals surface area contributed by atoms with E-state index in [9.17, 15) is 18.0 Å². The van der Waals surface area contributed by atoms with Crippen LogP contribution in [0.5, 0.6) is 0 Å². The van der Waals surface area contributed by atoms with Gasteiger partial charge in [0.1, 0.15) is 0 Å². The van der Waals surface area contributed by atoms with Gasteiger partial charge >= 0.3 is 6.03 Å². The van der Waals surface area contributed by atoms with Crippen LogP contribution in [0.4, 0.5) is 18.0 Å². The number of rotatable bonds is 1. The minimum absolute atomic E-state index is 0.0199. The number of hydrogen-bond donors (Lipinski definition) is 1. The third-order valence-corrected chi connectivity index (χ3v) is 3.39. The second-order valence-electron chi connectivity index (χ2n) is 4.70. The molecule has 2 amide bonds. The van der Waals surface area contributed by atoms with E-state index < -0.39 is 23.5 Å². The molecule has 3 rings (SSSR count). The molecule has 1 aromatic heterocycles. The molecular formula is C13H10F3N3O2. The number of urea groups is 1. The second-order valence-corrected chi connectivity index (χ2v) is 4.70. The number of halogens is 3. The van der Waals surface area contributed by atoms with Crippen molar-refractivity contribution in [1.82, 2.24) is 10.1 Å². The highest BCUT2D eigenvalue weighted by Gasteiger charge is 2.27. The predicted octanol–water partition coefficient (Wildman–Crippen LogP) is 2.20. The maximum absolute atomic E-state index is 13.3. The minimum Gasteiger partial charge on any atom is -0.356 e. The Balaban J connectivity index is 2.06. The fourth-order valence-corrected chi connectivity index (χ4v) is 2.31. The maximum Gasteiger partial charge on any atom is 0.315 e. The molecule has 1 aromatic carbocycles. The Bertz CT molecular complexity index is 706. The number of primary amides is 1. The Morgan fingerprint density at radius 1 is 1.29 bits per heavy atom. The fourth-order valence-electron chi connectivity index (χ4n) is 2.31. The number of benzene rings is 1. The monoisotopic (exact) mass is 297 g/mol.